The maximum atomic E-state index is 6.23. The molecule has 1 spiro atoms. The molecule has 0 bridgehead atoms. The Kier molecular flexibility index (Phi) is 5.27. The summed E-state index contributed by atoms with van der Waals surface area (Å²) in [5.41, 5.74) is 8.79. The Labute approximate surface area is 167 Å². The van der Waals surface area contributed by atoms with Crippen LogP contribution < -0.4 is 21.9 Å². The lowest BCUT2D eigenvalue weighted by molar-refractivity contribution is 0.133. The monoisotopic (exact) mass is 407 g/mol. The molecule has 2 aliphatic heterocycles. The second-order valence-corrected chi connectivity index (χ2v) is 8.39. The Balaban J connectivity index is 1.51. The van der Waals surface area contributed by atoms with Gasteiger partial charge in [0.05, 0.1) is 16.5 Å². The highest BCUT2D eigenvalue weighted by Crippen LogP contribution is 2.41. The molecule has 0 aromatic carbocycles. The molecule has 0 aliphatic carbocycles. The van der Waals surface area contributed by atoms with Crippen molar-refractivity contribution < 1.29 is 4.74 Å². The zero-order valence-electron chi connectivity index (χ0n) is 14.8. The van der Waals surface area contributed by atoms with E-state index >= 15 is 0 Å². The Hall–Kier alpha value is -1.81. The van der Waals surface area contributed by atoms with E-state index in [0.717, 1.165) is 55.4 Å². The molecule has 4 rings (SSSR count). The number of ether oxygens (including phenoxy) is 1. The van der Waals surface area contributed by atoms with Gasteiger partial charge in [-0.3, -0.25) is 0 Å². The normalized spacial score (nSPS) is 18.8. The number of anilines is 3. The van der Waals surface area contributed by atoms with Crippen molar-refractivity contribution in [2.45, 2.75) is 29.1 Å². The van der Waals surface area contributed by atoms with Crippen molar-refractivity contribution in [1.82, 2.24) is 15.0 Å². The number of rotatable bonds is 4. The van der Waals surface area contributed by atoms with Crippen molar-refractivity contribution in [1.29, 1.82) is 0 Å². The van der Waals surface area contributed by atoms with Crippen molar-refractivity contribution in [2.75, 3.05) is 42.4 Å². The van der Waals surface area contributed by atoms with E-state index < -0.39 is 0 Å². The van der Waals surface area contributed by atoms with Crippen LogP contribution in [0, 0.1) is 5.41 Å². The molecule has 8 nitrogen and oxygen atoms in total. The smallest absolute Gasteiger partial charge is 0.227 e. The predicted molar refractivity (Wildman–Crippen MR) is 107 cm³/mol. The number of nitrogens with one attached hydrogen (secondary N) is 1. The third-order valence-electron chi connectivity index (χ3n) is 5.27. The fourth-order valence-electron chi connectivity index (χ4n) is 3.56. The van der Waals surface area contributed by atoms with Crippen molar-refractivity contribution >= 4 is 40.9 Å². The number of aromatic nitrogens is 3. The van der Waals surface area contributed by atoms with Gasteiger partial charge in [-0.05, 0) is 30.7 Å². The standard InChI is InChI=1S/C17H22ClN7OS/c18-13-11(1-5-21-14(13)19)27-12-9-22-16(23-15(12)24-20)25-6-2-17(3-7-25)4-8-26-10-17/h1,5,9H,2-4,6-8,10,20H2,(H2,19,21)(H,22,23,24). The van der Waals surface area contributed by atoms with E-state index in [9.17, 15) is 0 Å². The highest BCUT2D eigenvalue weighted by atomic mass is 35.5. The third kappa shape index (κ3) is 3.77. The summed E-state index contributed by atoms with van der Waals surface area (Å²) >= 11 is 7.63. The highest BCUT2D eigenvalue weighted by Gasteiger charge is 2.38. The molecule has 10 heteroatoms. The molecule has 2 fully saturated rings. The van der Waals surface area contributed by atoms with Crippen molar-refractivity contribution in [2.24, 2.45) is 11.3 Å². The summed E-state index contributed by atoms with van der Waals surface area (Å²) in [6, 6.07) is 1.80. The number of halogens is 1. The molecule has 2 saturated heterocycles. The van der Waals surface area contributed by atoms with Gasteiger partial charge in [0.2, 0.25) is 5.95 Å². The van der Waals surface area contributed by atoms with Gasteiger partial charge in [-0.2, -0.15) is 4.98 Å². The number of hydrogen-bond donors (Lipinski definition) is 3. The van der Waals surface area contributed by atoms with E-state index in [-0.39, 0.29) is 0 Å². The highest BCUT2D eigenvalue weighted by molar-refractivity contribution is 7.99. The van der Waals surface area contributed by atoms with Crippen LogP contribution in [0.1, 0.15) is 19.3 Å². The predicted octanol–water partition coefficient (Wildman–Crippen LogP) is 2.55. The van der Waals surface area contributed by atoms with Crippen molar-refractivity contribution in [3.63, 3.8) is 0 Å². The molecule has 2 aliphatic rings. The van der Waals surface area contributed by atoms with Crippen LogP contribution in [-0.4, -0.2) is 41.3 Å². The van der Waals surface area contributed by atoms with E-state index in [4.69, 9.17) is 27.9 Å². The Bertz CT molecular complexity index is 821. The lowest BCUT2D eigenvalue weighted by Gasteiger charge is -2.38. The lowest BCUT2D eigenvalue weighted by atomic mass is 9.78. The van der Waals surface area contributed by atoms with Crippen molar-refractivity contribution in [3.8, 4) is 0 Å². The Morgan fingerprint density at radius 3 is 2.74 bits per heavy atom. The number of nitrogens with two attached hydrogens (primary N) is 2. The van der Waals surface area contributed by atoms with Crippen LogP contribution in [0.3, 0.4) is 0 Å². The first kappa shape index (κ1) is 18.5. The van der Waals surface area contributed by atoms with Crippen LogP contribution in [0.2, 0.25) is 5.02 Å². The van der Waals surface area contributed by atoms with E-state index in [1.165, 1.54) is 11.8 Å². The van der Waals surface area contributed by atoms with Gasteiger partial charge in [-0.15, -0.1) is 0 Å². The molecule has 5 N–H and O–H groups in total. The average Bonchev–Trinajstić information content (AvgIpc) is 3.14. The molecular weight excluding hydrogens is 386 g/mol. The SMILES string of the molecule is NNc1nc(N2CCC3(CCOC3)CC2)ncc1Sc1ccnc(N)c1Cl. The van der Waals surface area contributed by atoms with E-state index in [1.54, 1.807) is 18.5 Å². The first-order chi connectivity index (χ1) is 13.1. The fourth-order valence-corrected chi connectivity index (χ4v) is 4.65. The quantitative estimate of drug-likeness (QED) is 0.519. The second kappa shape index (κ2) is 7.67. The number of piperidine rings is 1. The van der Waals surface area contributed by atoms with Gasteiger partial charge >= 0.3 is 0 Å². The van der Waals surface area contributed by atoms with Gasteiger partial charge in [-0.25, -0.2) is 15.8 Å². The van der Waals surface area contributed by atoms with Gasteiger partial charge in [0.25, 0.3) is 0 Å². The van der Waals surface area contributed by atoms with Crippen LogP contribution in [-0.2, 0) is 4.74 Å². The largest absolute Gasteiger partial charge is 0.382 e. The zero-order chi connectivity index (χ0) is 18.9. The maximum Gasteiger partial charge on any atom is 0.227 e. The molecule has 0 unspecified atom stereocenters. The van der Waals surface area contributed by atoms with Crippen LogP contribution in [0.5, 0.6) is 0 Å². The maximum absolute atomic E-state index is 6.23. The Morgan fingerprint density at radius 1 is 1.22 bits per heavy atom. The molecular formula is C17H22ClN7OS. The summed E-state index contributed by atoms with van der Waals surface area (Å²) in [4.78, 5) is 16.9. The Morgan fingerprint density at radius 2 is 2.04 bits per heavy atom. The van der Waals surface area contributed by atoms with E-state index in [0.29, 0.717) is 28.0 Å². The minimum Gasteiger partial charge on any atom is -0.382 e. The number of hydrogen-bond acceptors (Lipinski definition) is 9. The molecule has 0 radical (unpaired) electrons. The lowest BCUT2D eigenvalue weighted by Crippen LogP contribution is -2.41. The summed E-state index contributed by atoms with van der Waals surface area (Å²) in [6.07, 6.45) is 6.74. The van der Waals surface area contributed by atoms with Gasteiger partial charge in [0.15, 0.2) is 5.82 Å². The van der Waals surface area contributed by atoms with Crippen LogP contribution in [0.15, 0.2) is 28.3 Å². The minimum atomic E-state index is 0.291. The summed E-state index contributed by atoms with van der Waals surface area (Å²) in [7, 11) is 0. The number of nitrogen functional groups attached to an aromatic ring is 2. The molecule has 0 atom stereocenters. The van der Waals surface area contributed by atoms with Gasteiger partial charge < -0.3 is 20.8 Å². The van der Waals surface area contributed by atoms with E-state index in [2.05, 4.69) is 25.3 Å². The second-order valence-electron chi connectivity index (χ2n) is 6.93. The third-order valence-corrected chi connectivity index (χ3v) is 6.86. The molecule has 144 valence electrons. The number of nitrogens with zero attached hydrogens (tertiary/aromatic N) is 4. The van der Waals surface area contributed by atoms with Crippen molar-refractivity contribution in [3.05, 3.63) is 23.5 Å². The summed E-state index contributed by atoms with van der Waals surface area (Å²) in [5, 5.41) is 0.412. The molecule has 4 heterocycles. The molecule has 27 heavy (non-hydrogen) atoms. The fraction of sp³-hybridized carbons (Fsp3) is 0.471. The van der Waals surface area contributed by atoms with E-state index in [1.807, 2.05) is 0 Å². The molecule has 0 amide bonds. The first-order valence-corrected chi connectivity index (χ1v) is 10.0. The molecule has 2 aromatic rings. The number of hydrazine groups is 1. The van der Waals surface area contributed by atoms with Gasteiger partial charge in [0.1, 0.15) is 5.82 Å². The summed E-state index contributed by atoms with van der Waals surface area (Å²) in [6.45, 7) is 3.60. The topological polar surface area (TPSA) is 115 Å². The van der Waals surface area contributed by atoms with Gasteiger partial charge in [-0.1, -0.05) is 23.4 Å². The zero-order valence-corrected chi connectivity index (χ0v) is 16.4. The summed E-state index contributed by atoms with van der Waals surface area (Å²) < 4.78 is 5.60. The first-order valence-electron chi connectivity index (χ1n) is 8.84. The van der Waals surface area contributed by atoms with Crippen LogP contribution >= 0.6 is 23.4 Å². The summed E-state index contributed by atoms with van der Waals surface area (Å²) in [5.74, 6) is 7.24. The number of pyridine rings is 1. The molecule has 0 saturated carbocycles. The van der Waals surface area contributed by atoms with Crippen LogP contribution in [0.4, 0.5) is 17.6 Å². The molecule has 2 aromatic heterocycles. The van der Waals surface area contributed by atoms with Gasteiger partial charge in [0, 0.05) is 37.0 Å². The van der Waals surface area contributed by atoms with Crippen LogP contribution in [0.25, 0.3) is 0 Å². The average molecular weight is 408 g/mol. The minimum absolute atomic E-state index is 0.291.